The normalized spacial score (nSPS) is 13.8. The Morgan fingerprint density at radius 3 is 2.61 bits per heavy atom. The Morgan fingerprint density at radius 1 is 1.18 bits per heavy atom. The van der Waals surface area contributed by atoms with Gasteiger partial charge < -0.3 is 25.0 Å². The number of morpholine rings is 1. The first-order valence-electron chi connectivity index (χ1n) is 9.23. The second-order valence-electron chi connectivity index (χ2n) is 6.41. The Kier molecular flexibility index (Phi) is 6.85. The highest BCUT2D eigenvalue weighted by Crippen LogP contribution is 2.15. The van der Waals surface area contributed by atoms with Crippen molar-refractivity contribution in [1.82, 2.24) is 20.0 Å². The number of rotatable bonds is 7. The molecule has 3 rings (SSSR count). The molecule has 1 saturated heterocycles. The van der Waals surface area contributed by atoms with Gasteiger partial charge in [0, 0.05) is 31.5 Å². The fourth-order valence-electron chi connectivity index (χ4n) is 2.73. The number of aryl methyl sites for hydroxylation is 1. The van der Waals surface area contributed by atoms with Gasteiger partial charge in [-0.3, -0.25) is 9.48 Å². The molecule has 2 aromatic rings. The number of urea groups is 1. The summed E-state index contributed by atoms with van der Waals surface area (Å²) in [5.41, 5.74) is 1.58. The van der Waals surface area contributed by atoms with E-state index in [0.29, 0.717) is 50.8 Å². The third-order valence-electron chi connectivity index (χ3n) is 4.24. The Labute approximate surface area is 163 Å². The Balaban J connectivity index is 1.37. The van der Waals surface area contributed by atoms with E-state index in [1.54, 1.807) is 33.8 Å². The first-order chi connectivity index (χ1) is 13.6. The maximum atomic E-state index is 12.1. The van der Waals surface area contributed by atoms with Gasteiger partial charge in [-0.1, -0.05) is 0 Å². The maximum Gasteiger partial charge on any atom is 0.319 e. The molecule has 0 spiro atoms. The van der Waals surface area contributed by atoms with Crippen LogP contribution in [0, 0.1) is 6.92 Å². The van der Waals surface area contributed by atoms with Crippen molar-refractivity contribution in [3.8, 4) is 5.75 Å². The van der Waals surface area contributed by atoms with Gasteiger partial charge in [0.15, 0.2) is 6.61 Å². The number of ether oxygens (including phenoxy) is 2. The van der Waals surface area contributed by atoms with Crippen LogP contribution >= 0.6 is 0 Å². The molecule has 0 atom stereocenters. The average molecular weight is 387 g/mol. The monoisotopic (exact) mass is 387 g/mol. The van der Waals surface area contributed by atoms with Crippen molar-refractivity contribution >= 4 is 17.6 Å². The number of hydrogen-bond acceptors (Lipinski definition) is 5. The molecule has 0 radical (unpaired) electrons. The number of nitrogens with one attached hydrogen (secondary N) is 2. The van der Waals surface area contributed by atoms with E-state index in [1.807, 2.05) is 19.2 Å². The fourth-order valence-corrected chi connectivity index (χ4v) is 2.73. The van der Waals surface area contributed by atoms with Crippen LogP contribution in [0.25, 0.3) is 0 Å². The summed E-state index contributed by atoms with van der Waals surface area (Å²) in [6.07, 6.45) is 1.87. The van der Waals surface area contributed by atoms with E-state index in [0.717, 1.165) is 5.69 Å². The lowest BCUT2D eigenvalue weighted by molar-refractivity contribution is -0.137. The lowest BCUT2D eigenvalue weighted by atomic mass is 10.3. The molecule has 3 amide bonds. The lowest BCUT2D eigenvalue weighted by Crippen LogP contribution is -2.42. The van der Waals surface area contributed by atoms with Gasteiger partial charge in [0.25, 0.3) is 5.91 Å². The molecular formula is C19H25N5O4. The number of benzene rings is 1. The molecule has 150 valence electrons. The summed E-state index contributed by atoms with van der Waals surface area (Å²) in [4.78, 5) is 25.7. The predicted octanol–water partition coefficient (Wildman–Crippen LogP) is 1.25. The number of amides is 3. The highest BCUT2D eigenvalue weighted by Gasteiger charge is 2.17. The maximum absolute atomic E-state index is 12.1. The molecule has 28 heavy (non-hydrogen) atoms. The summed E-state index contributed by atoms with van der Waals surface area (Å²) < 4.78 is 12.5. The average Bonchev–Trinajstić information content (AvgIpc) is 3.13. The van der Waals surface area contributed by atoms with Crippen molar-refractivity contribution in [3.05, 3.63) is 42.2 Å². The van der Waals surface area contributed by atoms with Gasteiger partial charge in [-0.25, -0.2) is 4.79 Å². The summed E-state index contributed by atoms with van der Waals surface area (Å²) in [5.74, 6) is 0.513. The second-order valence-corrected chi connectivity index (χ2v) is 6.41. The molecular weight excluding hydrogens is 362 g/mol. The number of aromatic nitrogens is 2. The number of carbonyl (C=O) groups excluding carboxylic acids is 2. The van der Waals surface area contributed by atoms with Gasteiger partial charge in [0.2, 0.25) is 0 Å². The van der Waals surface area contributed by atoms with Gasteiger partial charge in [-0.05, 0) is 37.3 Å². The first-order valence-corrected chi connectivity index (χ1v) is 9.23. The molecule has 0 aliphatic carbocycles. The third-order valence-corrected chi connectivity index (χ3v) is 4.24. The molecule has 2 heterocycles. The van der Waals surface area contributed by atoms with Gasteiger partial charge in [0.1, 0.15) is 5.75 Å². The Morgan fingerprint density at radius 2 is 1.93 bits per heavy atom. The van der Waals surface area contributed by atoms with Crippen LogP contribution in [-0.4, -0.2) is 66.1 Å². The number of hydrogen-bond donors (Lipinski definition) is 2. The van der Waals surface area contributed by atoms with Gasteiger partial charge in [-0.2, -0.15) is 5.10 Å². The molecule has 1 aromatic heterocycles. The minimum absolute atomic E-state index is 0.0137. The number of anilines is 1. The van der Waals surface area contributed by atoms with Crippen molar-refractivity contribution in [2.45, 2.75) is 13.5 Å². The van der Waals surface area contributed by atoms with Crippen LogP contribution < -0.4 is 15.4 Å². The van der Waals surface area contributed by atoms with Gasteiger partial charge >= 0.3 is 6.03 Å². The van der Waals surface area contributed by atoms with E-state index in [4.69, 9.17) is 9.47 Å². The van der Waals surface area contributed by atoms with Gasteiger partial charge in [0.05, 0.1) is 25.5 Å². The minimum Gasteiger partial charge on any atom is -0.484 e. The summed E-state index contributed by atoms with van der Waals surface area (Å²) in [7, 11) is 0. The molecule has 1 aliphatic rings. The molecule has 9 nitrogen and oxygen atoms in total. The molecule has 0 saturated carbocycles. The van der Waals surface area contributed by atoms with E-state index < -0.39 is 0 Å². The van der Waals surface area contributed by atoms with E-state index in [2.05, 4.69) is 15.7 Å². The summed E-state index contributed by atoms with van der Waals surface area (Å²) in [6.45, 7) is 5.30. The quantitative estimate of drug-likeness (QED) is 0.745. The van der Waals surface area contributed by atoms with Crippen LogP contribution in [0.4, 0.5) is 10.5 Å². The molecule has 1 aliphatic heterocycles. The summed E-state index contributed by atoms with van der Waals surface area (Å²) in [6, 6.07) is 8.51. The first kappa shape index (κ1) is 19.7. The fraction of sp³-hybridized carbons (Fsp3) is 0.421. The lowest BCUT2D eigenvalue weighted by Gasteiger charge is -2.26. The predicted molar refractivity (Wildman–Crippen MR) is 103 cm³/mol. The largest absolute Gasteiger partial charge is 0.484 e. The molecule has 9 heteroatoms. The Bertz CT molecular complexity index is 784. The van der Waals surface area contributed by atoms with Crippen molar-refractivity contribution in [3.63, 3.8) is 0 Å². The Hall–Kier alpha value is -3.07. The molecule has 1 fully saturated rings. The second kappa shape index (κ2) is 9.75. The van der Waals surface area contributed by atoms with Crippen molar-refractivity contribution < 1.29 is 19.1 Å². The molecule has 0 unspecified atom stereocenters. The van der Waals surface area contributed by atoms with Crippen LogP contribution in [0.15, 0.2) is 36.5 Å². The zero-order valence-electron chi connectivity index (χ0n) is 15.9. The SMILES string of the molecule is Cc1ccn(CCNC(=O)Nc2ccc(OCC(=O)N3CCOCC3)cc2)n1. The van der Waals surface area contributed by atoms with E-state index in [1.165, 1.54) is 0 Å². The van der Waals surface area contributed by atoms with Gasteiger partial charge in [-0.15, -0.1) is 0 Å². The van der Waals surface area contributed by atoms with E-state index in [-0.39, 0.29) is 18.5 Å². The number of carbonyl (C=O) groups is 2. The van der Waals surface area contributed by atoms with Crippen LogP contribution in [-0.2, 0) is 16.1 Å². The molecule has 0 bridgehead atoms. The zero-order valence-corrected chi connectivity index (χ0v) is 15.9. The molecule has 2 N–H and O–H groups in total. The summed E-state index contributed by atoms with van der Waals surface area (Å²) >= 11 is 0. The van der Waals surface area contributed by atoms with Crippen LogP contribution in [0.2, 0.25) is 0 Å². The molecule has 1 aromatic carbocycles. The highest BCUT2D eigenvalue weighted by atomic mass is 16.5. The van der Waals surface area contributed by atoms with E-state index in [9.17, 15) is 9.59 Å². The van der Waals surface area contributed by atoms with Crippen LogP contribution in [0.1, 0.15) is 5.69 Å². The summed E-state index contributed by atoms with van der Waals surface area (Å²) in [5, 5.41) is 9.79. The van der Waals surface area contributed by atoms with Crippen molar-refractivity contribution in [1.29, 1.82) is 0 Å². The highest BCUT2D eigenvalue weighted by molar-refractivity contribution is 5.89. The number of nitrogens with zero attached hydrogens (tertiary/aromatic N) is 3. The van der Waals surface area contributed by atoms with E-state index >= 15 is 0 Å². The zero-order chi connectivity index (χ0) is 19.8. The minimum atomic E-state index is -0.292. The topological polar surface area (TPSA) is 97.7 Å². The van der Waals surface area contributed by atoms with Crippen molar-refractivity contribution in [2.75, 3.05) is 44.8 Å². The van der Waals surface area contributed by atoms with Crippen molar-refractivity contribution in [2.24, 2.45) is 0 Å². The standard InChI is InChI=1S/C19H25N5O4/c1-15-6-8-24(22-15)9-7-20-19(26)21-16-2-4-17(5-3-16)28-14-18(25)23-10-12-27-13-11-23/h2-6,8H,7,9-14H2,1H3,(H2,20,21,26). The third kappa shape index (κ3) is 5.98. The van der Waals surface area contributed by atoms with Crippen LogP contribution in [0.5, 0.6) is 5.75 Å². The van der Waals surface area contributed by atoms with Crippen LogP contribution in [0.3, 0.4) is 0 Å². The smallest absolute Gasteiger partial charge is 0.319 e.